The summed E-state index contributed by atoms with van der Waals surface area (Å²) in [5.74, 6) is 0. The Kier molecular flexibility index (Phi) is 8.64. The van der Waals surface area contributed by atoms with Crippen LogP contribution in [-0.4, -0.2) is 4.57 Å². The fourth-order valence-corrected chi connectivity index (χ4v) is 12.0. The number of benzene rings is 9. The maximum atomic E-state index is 2.54. The Balaban J connectivity index is 1.06. The lowest BCUT2D eigenvalue weighted by molar-refractivity contribution is 0.660. The van der Waals surface area contributed by atoms with Gasteiger partial charge in [-0.1, -0.05) is 184 Å². The second-order valence-corrected chi connectivity index (χ2v) is 18.8. The van der Waals surface area contributed by atoms with Crippen LogP contribution in [0.15, 0.2) is 236 Å². The molecule has 0 radical (unpaired) electrons. The molecule has 3 aliphatic rings. The van der Waals surface area contributed by atoms with Gasteiger partial charge in [-0.15, -0.1) is 0 Å². The molecule has 10 aromatic rings. The van der Waals surface area contributed by atoms with Gasteiger partial charge in [0.15, 0.2) is 0 Å². The fourth-order valence-electron chi connectivity index (χ4n) is 12.0. The first-order valence-electron chi connectivity index (χ1n) is 23.4. The quantitative estimate of drug-likeness (QED) is 0.155. The van der Waals surface area contributed by atoms with Crippen LogP contribution in [0.3, 0.4) is 0 Å². The molecule has 2 nitrogen and oxygen atoms in total. The van der Waals surface area contributed by atoms with Crippen molar-refractivity contribution in [3.63, 3.8) is 0 Å². The largest absolute Gasteiger partial charge is 0.314 e. The highest BCUT2D eigenvalue weighted by atomic mass is 15.1. The average Bonchev–Trinajstić information content (AvgIpc) is 3.95. The van der Waals surface area contributed by atoms with Crippen molar-refractivity contribution < 1.29 is 0 Å². The monoisotopic (exact) mass is 844 g/mol. The zero-order valence-electron chi connectivity index (χ0n) is 37.2. The minimum atomic E-state index is -0.502. The van der Waals surface area contributed by atoms with Crippen LogP contribution in [-0.2, 0) is 10.8 Å². The SMILES string of the molecule is CC1(C)c2ccccc2-c2ccc(N(C3=CC=C(c4ccccc4)CC3)c3ccc4c(c3)c3cc(C5(c6ccccc6)c6ccccc6-c6ccccc65)ccc3n4-c3ccccc3)cc21. The van der Waals surface area contributed by atoms with Crippen LogP contribution in [0.2, 0.25) is 0 Å². The van der Waals surface area contributed by atoms with Gasteiger partial charge in [0, 0.05) is 38.9 Å². The second-order valence-electron chi connectivity index (χ2n) is 18.8. The number of fused-ring (bicyclic) bond motifs is 9. The highest BCUT2D eigenvalue weighted by Gasteiger charge is 2.46. The molecule has 0 saturated carbocycles. The number of hydrogen-bond donors (Lipinski definition) is 0. The Morgan fingerprint density at radius 1 is 0.409 bits per heavy atom. The summed E-state index contributed by atoms with van der Waals surface area (Å²) in [5.41, 5.74) is 22.4. The molecule has 0 N–H and O–H groups in total. The molecule has 314 valence electrons. The molecule has 13 rings (SSSR count). The van der Waals surface area contributed by atoms with E-state index in [0.29, 0.717) is 0 Å². The molecule has 0 amide bonds. The molecule has 2 heteroatoms. The minimum Gasteiger partial charge on any atom is -0.314 e. The van der Waals surface area contributed by atoms with E-state index in [-0.39, 0.29) is 5.41 Å². The third-order valence-corrected chi connectivity index (χ3v) is 15.0. The van der Waals surface area contributed by atoms with Crippen LogP contribution in [0.4, 0.5) is 11.4 Å². The van der Waals surface area contributed by atoms with Crippen LogP contribution in [0.5, 0.6) is 0 Å². The summed E-state index contributed by atoms with van der Waals surface area (Å²) in [4.78, 5) is 2.54. The topological polar surface area (TPSA) is 8.17 Å². The van der Waals surface area contributed by atoms with Crippen molar-refractivity contribution >= 4 is 38.8 Å². The summed E-state index contributed by atoms with van der Waals surface area (Å²) in [6.45, 7) is 4.76. The molecule has 0 saturated heterocycles. The summed E-state index contributed by atoms with van der Waals surface area (Å²) in [7, 11) is 0. The van der Waals surface area contributed by atoms with Gasteiger partial charge in [0.1, 0.15) is 0 Å². The summed E-state index contributed by atoms with van der Waals surface area (Å²) < 4.78 is 2.46. The first kappa shape index (κ1) is 38.5. The maximum Gasteiger partial charge on any atom is 0.0713 e. The molecular weight excluding hydrogens is 797 g/mol. The van der Waals surface area contributed by atoms with Gasteiger partial charge >= 0.3 is 0 Å². The van der Waals surface area contributed by atoms with Gasteiger partial charge in [-0.05, 0) is 140 Å². The Labute approximate surface area is 387 Å². The number of anilines is 2. The number of rotatable bonds is 7. The van der Waals surface area contributed by atoms with Crippen LogP contribution < -0.4 is 4.90 Å². The first-order valence-corrected chi connectivity index (χ1v) is 23.4. The average molecular weight is 845 g/mol. The van der Waals surface area contributed by atoms with Crippen molar-refractivity contribution in [1.82, 2.24) is 4.57 Å². The van der Waals surface area contributed by atoms with E-state index < -0.39 is 5.41 Å². The van der Waals surface area contributed by atoms with Crippen molar-refractivity contribution in [2.75, 3.05) is 4.90 Å². The number of hydrogen-bond acceptors (Lipinski definition) is 1. The number of para-hydroxylation sites is 1. The predicted molar refractivity (Wildman–Crippen MR) is 276 cm³/mol. The van der Waals surface area contributed by atoms with Crippen molar-refractivity contribution in [3.8, 4) is 27.9 Å². The smallest absolute Gasteiger partial charge is 0.0713 e. The Morgan fingerprint density at radius 3 is 1.61 bits per heavy atom. The van der Waals surface area contributed by atoms with E-state index in [9.17, 15) is 0 Å². The molecule has 9 aromatic carbocycles. The molecule has 3 aliphatic carbocycles. The number of nitrogens with zero attached hydrogens (tertiary/aromatic N) is 2. The third kappa shape index (κ3) is 5.61. The van der Waals surface area contributed by atoms with Crippen LogP contribution in [0.25, 0.3) is 55.3 Å². The van der Waals surface area contributed by atoms with E-state index in [1.165, 1.54) is 100.0 Å². The molecule has 0 bridgehead atoms. The Hall–Kier alpha value is -7.94. The first-order chi connectivity index (χ1) is 32.5. The van der Waals surface area contributed by atoms with Gasteiger partial charge in [0.25, 0.3) is 0 Å². The standard InChI is InChI=1S/C64H48N2/c1-63(2)57-27-15-12-24-51(57)54-37-35-50(42-60(54)63)65(48-33-30-44(31-34-48)43-18-6-3-7-19-43)49-36-39-62-56(41-49)55-40-46(32-38-61(55)66(62)47-22-10-5-11-23-47)64(45-20-8-4-9-21-45)58-28-16-13-25-52(58)53-26-14-17-29-59(53)64/h3-30,32-33,35-42H,31,34H2,1-2H3. The summed E-state index contributed by atoms with van der Waals surface area (Å²) >= 11 is 0. The molecule has 0 unspecified atom stereocenters. The van der Waals surface area contributed by atoms with Gasteiger partial charge in [-0.25, -0.2) is 0 Å². The van der Waals surface area contributed by atoms with Crippen LogP contribution >= 0.6 is 0 Å². The predicted octanol–water partition coefficient (Wildman–Crippen LogP) is 16.4. The molecule has 0 atom stereocenters. The Morgan fingerprint density at radius 2 is 0.939 bits per heavy atom. The van der Waals surface area contributed by atoms with E-state index in [0.717, 1.165) is 24.2 Å². The lowest BCUT2D eigenvalue weighted by atomic mass is 9.67. The molecule has 1 aromatic heterocycles. The highest BCUT2D eigenvalue weighted by Crippen LogP contribution is 2.57. The lowest BCUT2D eigenvalue weighted by Crippen LogP contribution is -2.28. The summed E-state index contributed by atoms with van der Waals surface area (Å²) in [5, 5.41) is 2.46. The zero-order chi connectivity index (χ0) is 44.0. The van der Waals surface area contributed by atoms with Gasteiger partial charge in [0.05, 0.1) is 16.4 Å². The summed E-state index contributed by atoms with van der Waals surface area (Å²) in [6.07, 6.45) is 6.61. The van der Waals surface area contributed by atoms with Crippen molar-refractivity contribution in [3.05, 3.63) is 275 Å². The van der Waals surface area contributed by atoms with Gasteiger partial charge < -0.3 is 9.47 Å². The molecule has 0 aliphatic heterocycles. The van der Waals surface area contributed by atoms with Crippen LogP contribution in [0.1, 0.15) is 65.6 Å². The zero-order valence-corrected chi connectivity index (χ0v) is 37.2. The van der Waals surface area contributed by atoms with E-state index in [1.807, 2.05) is 0 Å². The third-order valence-electron chi connectivity index (χ3n) is 15.0. The van der Waals surface area contributed by atoms with E-state index in [2.05, 4.69) is 254 Å². The second kappa shape index (κ2) is 14.8. The molecular formula is C64H48N2. The van der Waals surface area contributed by atoms with Crippen molar-refractivity contribution in [2.45, 2.75) is 37.5 Å². The molecule has 1 heterocycles. The molecule has 0 fully saturated rings. The van der Waals surface area contributed by atoms with Gasteiger partial charge in [-0.2, -0.15) is 0 Å². The Bertz CT molecular complexity index is 3560. The molecule has 0 spiro atoms. The van der Waals surface area contributed by atoms with E-state index in [4.69, 9.17) is 0 Å². The lowest BCUT2D eigenvalue weighted by Gasteiger charge is -2.34. The minimum absolute atomic E-state index is 0.120. The van der Waals surface area contributed by atoms with Gasteiger partial charge in [-0.3, -0.25) is 0 Å². The number of allylic oxidation sites excluding steroid dienone is 4. The highest BCUT2D eigenvalue weighted by molar-refractivity contribution is 6.11. The maximum absolute atomic E-state index is 2.54. The van der Waals surface area contributed by atoms with Crippen molar-refractivity contribution in [2.24, 2.45) is 0 Å². The molecule has 66 heavy (non-hydrogen) atoms. The summed E-state index contributed by atoms with van der Waals surface area (Å²) in [6, 6.07) is 81.6. The van der Waals surface area contributed by atoms with Crippen LogP contribution in [0, 0.1) is 0 Å². The fraction of sp³-hybridized carbons (Fsp3) is 0.0938. The normalized spacial score (nSPS) is 15.1. The van der Waals surface area contributed by atoms with Gasteiger partial charge in [0.2, 0.25) is 0 Å². The van der Waals surface area contributed by atoms with Crippen molar-refractivity contribution in [1.29, 1.82) is 0 Å². The van der Waals surface area contributed by atoms with E-state index in [1.54, 1.807) is 0 Å². The number of aromatic nitrogens is 1. The van der Waals surface area contributed by atoms with E-state index >= 15 is 0 Å².